The maximum Gasteiger partial charge on any atom is 0.328 e. The number of carbonyl (C=O) groups is 1. The van der Waals surface area contributed by atoms with Crippen LogP contribution in [0.2, 0.25) is 0 Å². The molecule has 0 aromatic heterocycles. The van der Waals surface area contributed by atoms with Gasteiger partial charge in [0, 0.05) is 18.7 Å². The first kappa shape index (κ1) is 15.5. The molecular weight excluding hydrogens is 242 g/mol. The molecule has 2 atom stereocenters. The third-order valence-corrected chi connectivity index (χ3v) is 2.91. The summed E-state index contributed by atoms with van der Waals surface area (Å²) in [6.45, 7) is 6.68. The van der Waals surface area contributed by atoms with E-state index in [4.69, 9.17) is 9.47 Å². The second kappa shape index (κ2) is 7.79. The summed E-state index contributed by atoms with van der Waals surface area (Å²) in [5, 5.41) is 3.22. The first-order chi connectivity index (χ1) is 9.08. The zero-order valence-electron chi connectivity index (χ0n) is 12.1. The molecule has 1 aromatic carbocycles. The monoisotopic (exact) mass is 265 g/mol. The molecule has 0 aliphatic rings. The van der Waals surface area contributed by atoms with E-state index in [1.165, 1.54) is 5.56 Å². The third kappa shape index (κ3) is 4.91. The fraction of sp³-hybridized carbons (Fsp3) is 0.533. The van der Waals surface area contributed by atoms with Crippen LogP contribution in [0.3, 0.4) is 0 Å². The van der Waals surface area contributed by atoms with Crippen molar-refractivity contribution in [1.29, 1.82) is 0 Å². The van der Waals surface area contributed by atoms with E-state index >= 15 is 0 Å². The highest BCUT2D eigenvalue weighted by Gasteiger charge is 2.26. The van der Waals surface area contributed by atoms with E-state index in [1.807, 2.05) is 45.0 Å². The SMILES string of the molecule is CCOC(=O)C(Nc1ccc(C)cc1)C(C)COC. The van der Waals surface area contributed by atoms with Crippen LogP contribution in [-0.2, 0) is 14.3 Å². The Morgan fingerprint density at radius 1 is 1.32 bits per heavy atom. The molecule has 0 aliphatic carbocycles. The lowest BCUT2D eigenvalue weighted by atomic mass is 10.0. The number of rotatable bonds is 7. The number of aryl methyl sites for hydroxylation is 1. The molecule has 0 heterocycles. The van der Waals surface area contributed by atoms with Crippen molar-refractivity contribution in [2.24, 2.45) is 5.92 Å². The van der Waals surface area contributed by atoms with Gasteiger partial charge in [-0.05, 0) is 26.0 Å². The molecule has 2 unspecified atom stereocenters. The van der Waals surface area contributed by atoms with Gasteiger partial charge in [-0.3, -0.25) is 0 Å². The minimum absolute atomic E-state index is 0.0327. The molecule has 1 aromatic rings. The number of ether oxygens (including phenoxy) is 2. The zero-order valence-corrected chi connectivity index (χ0v) is 12.1. The second-order valence-corrected chi connectivity index (χ2v) is 4.67. The van der Waals surface area contributed by atoms with E-state index in [-0.39, 0.29) is 11.9 Å². The summed E-state index contributed by atoms with van der Waals surface area (Å²) in [5.41, 5.74) is 2.09. The molecule has 4 heteroatoms. The van der Waals surface area contributed by atoms with Gasteiger partial charge in [-0.2, -0.15) is 0 Å². The first-order valence-corrected chi connectivity index (χ1v) is 6.57. The van der Waals surface area contributed by atoms with Crippen LogP contribution >= 0.6 is 0 Å². The number of anilines is 1. The fourth-order valence-electron chi connectivity index (χ4n) is 1.85. The van der Waals surface area contributed by atoms with E-state index in [0.29, 0.717) is 13.2 Å². The Hall–Kier alpha value is -1.55. The number of carbonyl (C=O) groups excluding carboxylic acids is 1. The van der Waals surface area contributed by atoms with Gasteiger partial charge in [0.2, 0.25) is 0 Å². The zero-order chi connectivity index (χ0) is 14.3. The molecule has 0 spiro atoms. The van der Waals surface area contributed by atoms with Crippen LogP contribution in [0.4, 0.5) is 5.69 Å². The van der Waals surface area contributed by atoms with Crippen LogP contribution in [0.5, 0.6) is 0 Å². The predicted molar refractivity (Wildman–Crippen MR) is 76.3 cm³/mol. The highest BCUT2D eigenvalue weighted by Crippen LogP contribution is 2.15. The van der Waals surface area contributed by atoms with Crippen LogP contribution in [-0.4, -0.2) is 32.3 Å². The summed E-state index contributed by atoms with van der Waals surface area (Å²) >= 11 is 0. The molecule has 0 aliphatic heterocycles. The van der Waals surface area contributed by atoms with Crippen molar-refractivity contribution in [2.75, 3.05) is 25.6 Å². The molecule has 0 saturated heterocycles. The summed E-state index contributed by atoms with van der Waals surface area (Å²) in [4.78, 5) is 12.0. The predicted octanol–water partition coefficient (Wildman–Crippen LogP) is 2.62. The Labute approximate surface area is 115 Å². The van der Waals surface area contributed by atoms with Crippen LogP contribution in [0.15, 0.2) is 24.3 Å². The maximum absolute atomic E-state index is 12.0. The average Bonchev–Trinajstić information content (AvgIpc) is 2.38. The summed E-state index contributed by atoms with van der Waals surface area (Å²) in [5.74, 6) is -0.210. The number of hydrogen-bond acceptors (Lipinski definition) is 4. The standard InChI is InChI=1S/C15H23NO3/c1-5-19-15(17)14(12(3)10-18-4)16-13-8-6-11(2)7-9-13/h6-9,12,14,16H,5,10H2,1-4H3. The van der Waals surface area contributed by atoms with Gasteiger partial charge in [0.25, 0.3) is 0 Å². The summed E-state index contributed by atoms with van der Waals surface area (Å²) in [7, 11) is 1.63. The average molecular weight is 265 g/mol. The Balaban J connectivity index is 2.78. The van der Waals surface area contributed by atoms with Crippen LogP contribution in [0, 0.1) is 12.8 Å². The fourth-order valence-corrected chi connectivity index (χ4v) is 1.85. The largest absolute Gasteiger partial charge is 0.464 e. The van der Waals surface area contributed by atoms with E-state index in [2.05, 4.69) is 5.32 Å². The summed E-state index contributed by atoms with van der Waals surface area (Å²) in [6.07, 6.45) is 0. The number of esters is 1. The molecular formula is C15H23NO3. The molecule has 106 valence electrons. The normalized spacial score (nSPS) is 13.7. The van der Waals surface area contributed by atoms with Crippen molar-refractivity contribution < 1.29 is 14.3 Å². The molecule has 0 fully saturated rings. The first-order valence-electron chi connectivity index (χ1n) is 6.57. The summed E-state index contributed by atoms with van der Waals surface area (Å²) in [6, 6.07) is 7.53. The maximum atomic E-state index is 12.0. The number of methoxy groups -OCH3 is 1. The van der Waals surface area contributed by atoms with Crippen LogP contribution in [0.25, 0.3) is 0 Å². The Kier molecular flexibility index (Phi) is 6.36. The van der Waals surface area contributed by atoms with E-state index in [1.54, 1.807) is 7.11 Å². The van der Waals surface area contributed by atoms with Crippen LogP contribution in [0.1, 0.15) is 19.4 Å². The molecule has 0 radical (unpaired) electrons. The van der Waals surface area contributed by atoms with Crippen molar-refractivity contribution in [1.82, 2.24) is 0 Å². The summed E-state index contributed by atoms with van der Waals surface area (Å²) < 4.78 is 10.2. The van der Waals surface area contributed by atoms with Crippen molar-refractivity contribution in [3.63, 3.8) is 0 Å². The molecule has 1 N–H and O–H groups in total. The highest BCUT2D eigenvalue weighted by molar-refractivity contribution is 5.79. The molecule has 0 saturated carbocycles. The van der Waals surface area contributed by atoms with Crippen molar-refractivity contribution in [2.45, 2.75) is 26.8 Å². The van der Waals surface area contributed by atoms with Gasteiger partial charge in [-0.1, -0.05) is 24.6 Å². The Morgan fingerprint density at radius 3 is 2.47 bits per heavy atom. The smallest absolute Gasteiger partial charge is 0.328 e. The minimum atomic E-state index is -0.400. The molecule has 0 bridgehead atoms. The molecule has 4 nitrogen and oxygen atoms in total. The lowest BCUT2D eigenvalue weighted by molar-refractivity contribution is -0.145. The Morgan fingerprint density at radius 2 is 1.95 bits per heavy atom. The lowest BCUT2D eigenvalue weighted by Crippen LogP contribution is -2.39. The van der Waals surface area contributed by atoms with Gasteiger partial charge >= 0.3 is 5.97 Å². The van der Waals surface area contributed by atoms with E-state index in [9.17, 15) is 4.79 Å². The van der Waals surface area contributed by atoms with Crippen molar-refractivity contribution >= 4 is 11.7 Å². The lowest BCUT2D eigenvalue weighted by Gasteiger charge is -2.24. The van der Waals surface area contributed by atoms with Gasteiger partial charge in [-0.15, -0.1) is 0 Å². The minimum Gasteiger partial charge on any atom is -0.464 e. The Bertz CT molecular complexity index is 389. The molecule has 19 heavy (non-hydrogen) atoms. The van der Waals surface area contributed by atoms with Gasteiger partial charge < -0.3 is 14.8 Å². The van der Waals surface area contributed by atoms with E-state index in [0.717, 1.165) is 5.69 Å². The second-order valence-electron chi connectivity index (χ2n) is 4.67. The van der Waals surface area contributed by atoms with Crippen molar-refractivity contribution in [3.05, 3.63) is 29.8 Å². The van der Waals surface area contributed by atoms with Gasteiger partial charge in [0.05, 0.1) is 13.2 Å². The molecule has 1 rings (SSSR count). The van der Waals surface area contributed by atoms with Gasteiger partial charge in [0.15, 0.2) is 0 Å². The number of nitrogens with one attached hydrogen (secondary N) is 1. The van der Waals surface area contributed by atoms with Gasteiger partial charge in [-0.25, -0.2) is 4.79 Å². The van der Waals surface area contributed by atoms with Crippen LogP contribution < -0.4 is 5.32 Å². The highest BCUT2D eigenvalue weighted by atomic mass is 16.5. The van der Waals surface area contributed by atoms with E-state index < -0.39 is 6.04 Å². The third-order valence-electron chi connectivity index (χ3n) is 2.91. The molecule has 0 amide bonds. The quantitative estimate of drug-likeness (QED) is 0.770. The topological polar surface area (TPSA) is 47.6 Å². The van der Waals surface area contributed by atoms with Gasteiger partial charge in [0.1, 0.15) is 6.04 Å². The van der Waals surface area contributed by atoms with Crippen molar-refractivity contribution in [3.8, 4) is 0 Å². The number of hydrogen-bond donors (Lipinski definition) is 1. The number of benzene rings is 1.